The molecular formula is C16H26N2O2. The lowest BCUT2D eigenvalue weighted by Gasteiger charge is -2.21. The molecule has 20 heavy (non-hydrogen) atoms. The molecule has 2 amide bonds. The Labute approximate surface area is 121 Å². The fraction of sp³-hybridized carbons (Fsp3) is 0.562. The smallest absolute Gasteiger partial charge is 0.315 e. The second kappa shape index (κ2) is 6.64. The van der Waals surface area contributed by atoms with E-state index in [0.717, 1.165) is 16.9 Å². The van der Waals surface area contributed by atoms with Crippen molar-refractivity contribution in [1.29, 1.82) is 0 Å². The van der Waals surface area contributed by atoms with E-state index in [1.807, 2.05) is 59.7 Å². The zero-order valence-corrected chi connectivity index (χ0v) is 13.3. The lowest BCUT2D eigenvalue weighted by atomic mass is 10.1. The first kappa shape index (κ1) is 16.3. The minimum absolute atomic E-state index is 0.155. The van der Waals surface area contributed by atoms with Crippen molar-refractivity contribution in [2.45, 2.75) is 59.7 Å². The van der Waals surface area contributed by atoms with Gasteiger partial charge in [-0.25, -0.2) is 4.79 Å². The van der Waals surface area contributed by atoms with E-state index in [1.165, 1.54) is 0 Å². The molecule has 0 aromatic heterocycles. The highest BCUT2D eigenvalue weighted by Gasteiger charge is 2.13. The minimum atomic E-state index is -0.227. The summed E-state index contributed by atoms with van der Waals surface area (Å²) in [6, 6.07) is 5.81. The number of amides is 2. The highest BCUT2D eigenvalue weighted by atomic mass is 16.5. The maximum atomic E-state index is 11.7. The summed E-state index contributed by atoms with van der Waals surface area (Å²) in [6.07, 6.45) is 0.162. The summed E-state index contributed by atoms with van der Waals surface area (Å²) in [6.45, 7) is 12.4. The molecule has 0 radical (unpaired) electrons. The molecule has 0 saturated heterocycles. The molecule has 0 unspecified atom stereocenters. The Bertz CT molecular complexity index is 462. The quantitative estimate of drug-likeness (QED) is 0.887. The van der Waals surface area contributed by atoms with Gasteiger partial charge in [0.1, 0.15) is 5.75 Å². The molecule has 0 spiro atoms. The molecule has 0 aliphatic carbocycles. The summed E-state index contributed by atoms with van der Waals surface area (Å²) in [4.78, 5) is 11.7. The largest absolute Gasteiger partial charge is 0.491 e. The third-order valence-corrected chi connectivity index (χ3v) is 2.54. The summed E-state index contributed by atoms with van der Waals surface area (Å²) < 4.78 is 5.69. The second-order valence-electron chi connectivity index (χ2n) is 6.32. The summed E-state index contributed by atoms with van der Waals surface area (Å²) in [5, 5.41) is 5.72. The van der Waals surface area contributed by atoms with Gasteiger partial charge in [-0.3, -0.25) is 0 Å². The van der Waals surface area contributed by atoms with Crippen LogP contribution in [0.5, 0.6) is 5.75 Å². The van der Waals surface area contributed by atoms with Crippen LogP contribution in [0, 0.1) is 6.92 Å². The SMILES string of the molecule is Cc1cc(CNC(=O)NC(C)(C)C)ccc1OC(C)C. The van der Waals surface area contributed by atoms with Gasteiger partial charge in [0.2, 0.25) is 0 Å². The molecule has 0 heterocycles. The fourth-order valence-electron chi connectivity index (χ4n) is 1.77. The molecule has 0 saturated carbocycles. The number of nitrogens with one attached hydrogen (secondary N) is 2. The van der Waals surface area contributed by atoms with Crippen LogP contribution in [-0.2, 0) is 6.54 Å². The van der Waals surface area contributed by atoms with Crippen LogP contribution in [0.15, 0.2) is 18.2 Å². The first-order valence-electron chi connectivity index (χ1n) is 6.99. The van der Waals surface area contributed by atoms with Crippen molar-refractivity contribution >= 4 is 6.03 Å². The Morgan fingerprint density at radius 1 is 1.30 bits per heavy atom. The Balaban J connectivity index is 2.57. The molecular weight excluding hydrogens is 252 g/mol. The van der Waals surface area contributed by atoms with E-state index in [9.17, 15) is 4.79 Å². The van der Waals surface area contributed by atoms with Gasteiger partial charge in [-0.2, -0.15) is 0 Å². The van der Waals surface area contributed by atoms with E-state index in [4.69, 9.17) is 4.74 Å². The van der Waals surface area contributed by atoms with Crippen molar-refractivity contribution in [3.05, 3.63) is 29.3 Å². The van der Waals surface area contributed by atoms with E-state index in [0.29, 0.717) is 6.54 Å². The van der Waals surface area contributed by atoms with E-state index in [1.54, 1.807) is 0 Å². The maximum Gasteiger partial charge on any atom is 0.315 e. The number of urea groups is 1. The lowest BCUT2D eigenvalue weighted by molar-refractivity contribution is 0.231. The molecule has 4 nitrogen and oxygen atoms in total. The first-order chi connectivity index (χ1) is 9.17. The number of hydrogen-bond acceptors (Lipinski definition) is 2. The number of hydrogen-bond donors (Lipinski definition) is 2. The van der Waals surface area contributed by atoms with Gasteiger partial charge in [-0.1, -0.05) is 12.1 Å². The fourth-order valence-corrected chi connectivity index (χ4v) is 1.77. The van der Waals surface area contributed by atoms with Gasteiger partial charge in [-0.05, 0) is 58.7 Å². The van der Waals surface area contributed by atoms with Crippen molar-refractivity contribution < 1.29 is 9.53 Å². The monoisotopic (exact) mass is 278 g/mol. The number of carbonyl (C=O) groups is 1. The van der Waals surface area contributed by atoms with Crippen LogP contribution in [0.3, 0.4) is 0 Å². The van der Waals surface area contributed by atoms with E-state index in [-0.39, 0.29) is 17.7 Å². The van der Waals surface area contributed by atoms with E-state index < -0.39 is 0 Å². The third-order valence-electron chi connectivity index (χ3n) is 2.54. The lowest BCUT2D eigenvalue weighted by Crippen LogP contribution is -2.46. The summed E-state index contributed by atoms with van der Waals surface area (Å²) in [5.74, 6) is 0.892. The number of benzene rings is 1. The van der Waals surface area contributed by atoms with Gasteiger partial charge < -0.3 is 15.4 Å². The van der Waals surface area contributed by atoms with Gasteiger partial charge in [0.25, 0.3) is 0 Å². The van der Waals surface area contributed by atoms with Crippen LogP contribution < -0.4 is 15.4 Å². The van der Waals surface area contributed by atoms with Crippen LogP contribution in [0.2, 0.25) is 0 Å². The maximum absolute atomic E-state index is 11.7. The van der Waals surface area contributed by atoms with Crippen molar-refractivity contribution in [3.63, 3.8) is 0 Å². The molecule has 2 N–H and O–H groups in total. The summed E-state index contributed by atoms with van der Waals surface area (Å²) >= 11 is 0. The number of ether oxygens (including phenoxy) is 1. The van der Waals surface area contributed by atoms with Crippen molar-refractivity contribution in [1.82, 2.24) is 10.6 Å². The highest BCUT2D eigenvalue weighted by Crippen LogP contribution is 2.20. The Morgan fingerprint density at radius 3 is 2.45 bits per heavy atom. The molecule has 0 aliphatic rings. The zero-order chi connectivity index (χ0) is 15.3. The third kappa shape index (κ3) is 5.95. The topological polar surface area (TPSA) is 50.4 Å². The Kier molecular flexibility index (Phi) is 5.43. The zero-order valence-electron chi connectivity index (χ0n) is 13.3. The average molecular weight is 278 g/mol. The van der Waals surface area contributed by atoms with Gasteiger partial charge in [0.05, 0.1) is 6.10 Å². The second-order valence-corrected chi connectivity index (χ2v) is 6.32. The van der Waals surface area contributed by atoms with E-state index in [2.05, 4.69) is 10.6 Å². The molecule has 0 bridgehead atoms. The van der Waals surface area contributed by atoms with Gasteiger partial charge in [-0.15, -0.1) is 0 Å². The minimum Gasteiger partial charge on any atom is -0.491 e. The normalized spacial score (nSPS) is 11.3. The number of rotatable bonds is 4. The van der Waals surface area contributed by atoms with Crippen LogP contribution in [0.4, 0.5) is 4.79 Å². The molecule has 0 atom stereocenters. The van der Waals surface area contributed by atoms with Crippen LogP contribution in [0.25, 0.3) is 0 Å². The summed E-state index contributed by atoms with van der Waals surface area (Å²) in [5.41, 5.74) is 1.91. The van der Waals surface area contributed by atoms with Crippen molar-refractivity contribution in [2.24, 2.45) is 0 Å². The van der Waals surface area contributed by atoms with E-state index >= 15 is 0 Å². The predicted octanol–water partition coefficient (Wildman–Crippen LogP) is 3.38. The molecule has 0 fully saturated rings. The van der Waals surface area contributed by atoms with Crippen LogP contribution in [0.1, 0.15) is 45.7 Å². The van der Waals surface area contributed by atoms with Gasteiger partial charge in [0.15, 0.2) is 0 Å². The Morgan fingerprint density at radius 2 is 1.95 bits per heavy atom. The molecule has 1 rings (SSSR count). The number of carbonyl (C=O) groups excluding carboxylic acids is 1. The Hall–Kier alpha value is -1.71. The van der Waals surface area contributed by atoms with Crippen LogP contribution in [-0.4, -0.2) is 17.7 Å². The summed E-state index contributed by atoms with van der Waals surface area (Å²) in [7, 11) is 0. The van der Waals surface area contributed by atoms with Crippen LogP contribution >= 0.6 is 0 Å². The molecule has 1 aromatic rings. The van der Waals surface area contributed by atoms with Gasteiger partial charge >= 0.3 is 6.03 Å². The predicted molar refractivity (Wildman–Crippen MR) is 82.1 cm³/mol. The van der Waals surface area contributed by atoms with Crippen molar-refractivity contribution in [3.8, 4) is 5.75 Å². The average Bonchev–Trinajstić information content (AvgIpc) is 2.27. The molecule has 1 aromatic carbocycles. The molecule has 112 valence electrons. The standard InChI is InChI=1S/C16H26N2O2/c1-11(2)20-14-8-7-13(9-12(14)3)10-17-15(19)18-16(4,5)6/h7-9,11H,10H2,1-6H3,(H2,17,18,19). The highest BCUT2D eigenvalue weighted by molar-refractivity contribution is 5.74. The molecule has 4 heteroatoms. The van der Waals surface area contributed by atoms with Gasteiger partial charge in [0, 0.05) is 12.1 Å². The number of aryl methyl sites for hydroxylation is 1. The first-order valence-corrected chi connectivity index (χ1v) is 6.99. The van der Waals surface area contributed by atoms with Crippen molar-refractivity contribution in [2.75, 3.05) is 0 Å². The molecule has 0 aliphatic heterocycles.